The Morgan fingerprint density at radius 3 is 2.30 bits per heavy atom. The molecule has 0 spiro atoms. The molecule has 0 atom stereocenters. The topological polar surface area (TPSA) is 63.7 Å². The molecule has 6 heteroatoms. The number of thiophene rings is 1. The van der Waals surface area contributed by atoms with E-state index in [9.17, 15) is 14.4 Å². The van der Waals surface area contributed by atoms with Gasteiger partial charge in [-0.1, -0.05) is 23.3 Å². The predicted molar refractivity (Wildman–Crippen MR) is 84.2 cm³/mol. The largest absolute Gasteiger partial charge is 0.364 e. The van der Waals surface area contributed by atoms with Crippen molar-refractivity contribution in [3.05, 3.63) is 70.6 Å². The van der Waals surface area contributed by atoms with Gasteiger partial charge in [-0.25, -0.2) is 4.79 Å². The highest BCUT2D eigenvalue weighted by atomic mass is 32.1. The molecular formula is C17H9NO4S. The minimum atomic E-state index is -0.733. The molecule has 0 fully saturated rings. The van der Waals surface area contributed by atoms with Crippen molar-refractivity contribution in [1.29, 1.82) is 0 Å². The van der Waals surface area contributed by atoms with Crippen molar-refractivity contribution in [1.82, 2.24) is 5.06 Å². The van der Waals surface area contributed by atoms with Crippen LogP contribution in [0.3, 0.4) is 0 Å². The number of hydrogen-bond acceptors (Lipinski definition) is 5. The molecule has 2 amide bonds. The van der Waals surface area contributed by atoms with Gasteiger partial charge in [0.1, 0.15) is 0 Å². The van der Waals surface area contributed by atoms with Crippen molar-refractivity contribution in [2.45, 2.75) is 0 Å². The van der Waals surface area contributed by atoms with E-state index in [4.69, 9.17) is 4.84 Å². The first-order valence-corrected chi connectivity index (χ1v) is 7.71. The quantitative estimate of drug-likeness (QED) is 0.679. The van der Waals surface area contributed by atoms with Crippen LogP contribution in [0.2, 0.25) is 0 Å². The van der Waals surface area contributed by atoms with Crippen LogP contribution >= 0.6 is 11.3 Å². The van der Waals surface area contributed by atoms with E-state index < -0.39 is 17.8 Å². The lowest BCUT2D eigenvalue weighted by Gasteiger charge is -2.13. The maximum absolute atomic E-state index is 12.4. The third kappa shape index (κ3) is 2.03. The molecule has 0 unspecified atom stereocenters. The summed E-state index contributed by atoms with van der Waals surface area (Å²) in [6.45, 7) is 0. The fourth-order valence-electron chi connectivity index (χ4n) is 2.55. The highest BCUT2D eigenvalue weighted by Crippen LogP contribution is 2.27. The van der Waals surface area contributed by atoms with E-state index in [1.165, 1.54) is 23.5 Å². The molecule has 1 aliphatic heterocycles. The summed E-state index contributed by atoms with van der Waals surface area (Å²) in [6.07, 6.45) is 0. The van der Waals surface area contributed by atoms with Crippen LogP contribution in [0.4, 0.5) is 0 Å². The number of carbonyl (C=O) groups is 3. The van der Waals surface area contributed by atoms with Crippen LogP contribution in [-0.4, -0.2) is 22.8 Å². The zero-order valence-corrected chi connectivity index (χ0v) is 12.5. The van der Waals surface area contributed by atoms with E-state index in [2.05, 4.69) is 0 Å². The number of hydrogen-bond donors (Lipinski definition) is 0. The zero-order chi connectivity index (χ0) is 16.0. The molecule has 4 rings (SSSR count). The zero-order valence-electron chi connectivity index (χ0n) is 11.7. The summed E-state index contributed by atoms with van der Waals surface area (Å²) in [7, 11) is 0. The molecule has 2 heterocycles. The number of benzene rings is 2. The van der Waals surface area contributed by atoms with Gasteiger partial charge < -0.3 is 4.84 Å². The second kappa shape index (κ2) is 5.03. The number of imide groups is 1. The van der Waals surface area contributed by atoms with Gasteiger partial charge in [-0.15, -0.1) is 11.3 Å². The first-order valence-electron chi connectivity index (χ1n) is 6.83. The number of carbonyl (C=O) groups excluding carboxylic acids is 3. The standard InChI is InChI=1S/C17H9NO4S/c19-15-11-4-1-2-5-12(11)16(20)18(15)22-17(21)13-6-3-7-14-10(13)8-9-23-14/h1-9H. The molecule has 0 N–H and O–H groups in total. The van der Waals surface area contributed by atoms with E-state index in [1.54, 1.807) is 30.3 Å². The van der Waals surface area contributed by atoms with Gasteiger partial charge in [0.2, 0.25) is 0 Å². The van der Waals surface area contributed by atoms with E-state index in [0.29, 0.717) is 10.6 Å². The molecule has 112 valence electrons. The summed E-state index contributed by atoms with van der Waals surface area (Å²) in [5, 5.41) is 3.13. The van der Waals surface area contributed by atoms with Crippen LogP contribution in [-0.2, 0) is 4.84 Å². The fraction of sp³-hybridized carbons (Fsp3) is 0. The second-order valence-corrected chi connectivity index (χ2v) is 5.91. The summed E-state index contributed by atoms with van der Waals surface area (Å²) in [5.41, 5.74) is 0.790. The Kier molecular flexibility index (Phi) is 2.99. The van der Waals surface area contributed by atoms with Crippen molar-refractivity contribution in [3.63, 3.8) is 0 Å². The molecule has 2 aromatic carbocycles. The van der Waals surface area contributed by atoms with Crippen LogP contribution in [0.5, 0.6) is 0 Å². The molecule has 3 aromatic rings. The first-order chi connectivity index (χ1) is 11.2. The van der Waals surface area contributed by atoms with E-state index in [1.807, 2.05) is 11.4 Å². The van der Waals surface area contributed by atoms with Crippen molar-refractivity contribution in [2.24, 2.45) is 0 Å². The van der Waals surface area contributed by atoms with Crippen molar-refractivity contribution >= 4 is 39.2 Å². The number of amides is 2. The maximum atomic E-state index is 12.4. The summed E-state index contributed by atoms with van der Waals surface area (Å²) in [5.74, 6) is -1.99. The fourth-order valence-corrected chi connectivity index (χ4v) is 3.37. The number of rotatable bonds is 2. The maximum Gasteiger partial charge on any atom is 0.364 e. The lowest BCUT2D eigenvalue weighted by molar-refractivity contribution is -0.0583. The van der Waals surface area contributed by atoms with Crippen molar-refractivity contribution in [2.75, 3.05) is 0 Å². The monoisotopic (exact) mass is 323 g/mol. The lowest BCUT2D eigenvalue weighted by atomic mass is 10.1. The third-order valence-electron chi connectivity index (χ3n) is 3.65. The molecule has 0 aliphatic carbocycles. The Bertz CT molecular complexity index is 940. The van der Waals surface area contributed by atoms with Gasteiger partial charge in [0.25, 0.3) is 11.8 Å². The minimum Gasteiger partial charge on any atom is -0.324 e. The number of hydroxylamine groups is 2. The lowest BCUT2D eigenvalue weighted by Crippen LogP contribution is -2.32. The molecule has 0 saturated carbocycles. The van der Waals surface area contributed by atoms with E-state index in [0.717, 1.165) is 10.1 Å². The van der Waals surface area contributed by atoms with Crippen molar-refractivity contribution in [3.8, 4) is 0 Å². The Balaban J connectivity index is 1.67. The summed E-state index contributed by atoms with van der Waals surface area (Å²) in [4.78, 5) is 41.9. The molecule has 1 aromatic heterocycles. The summed E-state index contributed by atoms with van der Waals surface area (Å²) >= 11 is 1.50. The Morgan fingerprint density at radius 2 is 1.61 bits per heavy atom. The normalized spacial score (nSPS) is 13.5. The van der Waals surface area contributed by atoms with Gasteiger partial charge in [0.05, 0.1) is 16.7 Å². The van der Waals surface area contributed by atoms with Crippen LogP contribution in [0.25, 0.3) is 10.1 Å². The molecule has 23 heavy (non-hydrogen) atoms. The van der Waals surface area contributed by atoms with Crippen LogP contribution in [0.1, 0.15) is 31.1 Å². The summed E-state index contributed by atoms with van der Waals surface area (Å²) in [6, 6.07) is 13.4. The first kappa shape index (κ1) is 13.7. The second-order valence-electron chi connectivity index (χ2n) is 4.97. The van der Waals surface area contributed by atoms with Crippen LogP contribution < -0.4 is 0 Å². The van der Waals surface area contributed by atoms with Gasteiger partial charge in [-0.2, -0.15) is 0 Å². The molecule has 0 bridgehead atoms. The molecule has 0 saturated heterocycles. The SMILES string of the molecule is O=C(ON1C(=O)c2ccccc2C1=O)c1cccc2sccc12. The minimum absolute atomic E-state index is 0.235. The Morgan fingerprint density at radius 1 is 0.913 bits per heavy atom. The molecule has 0 radical (unpaired) electrons. The van der Waals surface area contributed by atoms with E-state index >= 15 is 0 Å². The average Bonchev–Trinajstić information content (AvgIpc) is 3.14. The third-order valence-corrected chi connectivity index (χ3v) is 4.53. The number of nitrogens with zero attached hydrogens (tertiary/aromatic N) is 1. The van der Waals surface area contributed by atoms with Gasteiger partial charge in [0, 0.05) is 10.1 Å². The van der Waals surface area contributed by atoms with Gasteiger partial charge in [-0.05, 0) is 35.7 Å². The van der Waals surface area contributed by atoms with Crippen molar-refractivity contribution < 1.29 is 19.2 Å². The Labute approximate surface area is 134 Å². The smallest absolute Gasteiger partial charge is 0.324 e. The van der Waals surface area contributed by atoms with E-state index in [-0.39, 0.29) is 11.1 Å². The van der Waals surface area contributed by atoms with Gasteiger partial charge in [-0.3, -0.25) is 9.59 Å². The summed E-state index contributed by atoms with van der Waals surface area (Å²) < 4.78 is 0.932. The van der Waals surface area contributed by atoms with Crippen LogP contribution in [0.15, 0.2) is 53.9 Å². The molecule has 1 aliphatic rings. The highest BCUT2D eigenvalue weighted by molar-refractivity contribution is 7.17. The molecular weight excluding hydrogens is 314 g/mol. The van der Waals surface area contributed by atoms with Gasteiger partial charge >= 0.3 is 5.97 Å². The predicted octanol–water partition coefficient (Wildman–Crippen LogP) is 3.27. The van der Waals surface area contributed by atoms with Crippen LogP contribution in [0, 0.1) is 0 Å². The molecule has 5 nitrogen and oxygen atoms in total. The van der Waals surface area contributed by atoms with Gasteiger partial charge in [0.15, 0.2) is 0 Å². The average molecular weight is 323 g/mol. The highest BCUT2D eigenvalue weighted by Gasteiger charge is 2.38. The Hall–Kier alpha value is -2.99. The number of fused-ring (bicyclic) bond motifs is 2.